The van der Waals surface area contributed by atoms with Crippen LogP contribution in [0.5, 0.6) is 0 Å². The normalized spacial score (nSPS) is 17.4. The van der Waals surface area contributed by atoms with Crippen LogP contribution < -0.4 is 0 Å². The minimum atomic E-state index is -0.187. The van der Waals surface area contributed by atoms with Crippen LogP contribution in [0.1, 0.15) is 77.6 Å². The lowest BCUT2D eigenvalue weighted by Gasteiger charge is -2.21. The number of likely N-dealkylation sites (tertiary alicyclic amines) is 1. The number of amides is 1. The molecule has 1 aromatic carbocycles. The first-order valence-electron chi connectivity index (χ1n) is 9.52. The summed E-state index contributed by atoms with van der Waals surface area (Å²) in [6.07, 6.45) is 1.73. The molecule has 6 nitrogen and oxygen atoms in total. The monoisotopic (exact) mass is 367 g/mol. The molecule has 0 radical (unpaired) electrons. The van der Waals surface area contributed by atoms with Gasteiger partial charge in [0.2, 0.25) is 5.89 Å². The van der Waals surface area contributed by atoms with E-state index in [1.807, 2.05) is 45.6 Å². The first kappa shape index (κ1) is 17.8. The summed E-state index contributed by atoms with van der Waals surface area (Å²) in [5.41, 5.74) is 3.91. The molecule has 27 heavy (non-hydrogen) atoms. The molecule has 1 fully saturated rings. The molecule has 2 aromatic heterocycles. The zero-order chi connectivity index (χ0) is 19.3. The van der Waals surface area contributed by atoms with Crippen LogP contribution in [-0.2, 0) is 0 Å². The van der Waals surface area contributed by atoms with Gasteiger partial charge in [-0.05, 0) is 44.7 Å². The maximum absolute atomic E-state index is 13.3. The van der Waals surface area contributed by atoms with Gasteiger partial charge in [-0.15, -0.1) is 0 Å². The third-order valence-electron chi connectivity index (χ3n) is 5.59. The fourth-order valence-electron chi connectivity index (χ4n) is 3.74. The number of benzene rings is 1. The van der Waals surface area contributed by atoms with Crippen molar-refractivity contribution in [3.8, 4) is 0 Å². The van der Waals surface area contributed by atoms with Gasteiger partial charge >= 0.3 is 0 Å². The standard InChI is InChI=1S/C21H25N3O3/c1-11(2)19-22-20(27-23-19)16-7-6-10-24(16)21(25)18-14(5)15-9-8-12(3)13(4)17(15)26-18/h8-9,11,16H,6-7,10H2,1-5H3/t16-/m1/s1. The number of carbonyl (C=O) groups is 1. The van der Waals surface area contributed by atoms with E-state index < -0.39 is 0 Å². The Kier molecular flexibility index (Phi) is 4.29. The van der Waals surface area contributed by atoms with Crippen LogP contribution in [0.3, 0.4) is 0 Å². The van der Waals surface area contributed by atoms with Crippen LogP contribution in [-0.4, -0.2) is 27.5 Å². The highest BCUT2D eigenvalue weighted by atomic mass is 16.5. The maximum Gasteiger partial charge on any atom is 0.290 e. The number of aromatic nitrogens is 2. The summed E-state index contributed by atoms with van der Waals surface area (Å²) in [5, 5.41) is 5.05. The van der Waals surface area contributed by atoms with Crippen molar-refractivity contribution in [3.05, 3.63) is 46.3 Å². The van der Waals surface area contributed by atoms with Gasteiger partial charge < -0.3 is 13.8 Å². The van der Waals surface area contributed by atoms with Crippen LogP contribution >= 0.6 is 0 Å². The van der Waals surface area contributed by atoms with Crippen molar-refractivity contribution in [2.45, 2.75) is 59.4 Å². The molecular formula is C21H25N3O3. The summed E-state index contributed by atoms with van der Waals surface area (Å²) in [4.78, 5) is 19.6. The molecule has 1 aliphatic heterocycles. The highest BCUT2D eigenvalue weighted by Crippen LogP contribution is 2.36. The number of nitrogens with zero attached hydrogens (tertiary/aromatic N) is 3. The predicted octanol–water partition coefficient (Wildman–Crippen LogP) is 4.84. The molecule has 1 aliphatic rings. The summed E-state index contributed by atoms with van der Waals surface area (Å²) in [6.45, 7) is 10.7. The van der Waals surface area contributed by atoms with E-state index in [1.54, 1.807) is 0 Å². The van der Waals surface area contributed by atoms with Crippen LogP contribution in [0, 0.1) is 20.8 Å². The lowest BCUT2D eigenvalue weighted by molar-refractivity contribution is 0.0679. The summed E-state index contributed by atoms with van der Waals surface area (Å²) in [6, 6.07) is 3.91. The van der Waals surface area contributed by atoms with Gasteiger partial charge in [0.15, 0.2) is 11.6 Å². The van der Waals surface area contributed by atoms with Gasteiger partial charge in [0.1, 0.15) is 11.6 Å². The average molecular weight is 367 g/mol. The molecular weight excluding hydrogens is 342 g/mol. The Morgan fingerprint density at radius 3 is 2.70 bits per heavy atom. The molecule has 0 saturated carbocycles. The Bertz CT molecular complexity index is 1020. The van der Waals surface area contributed by atoms with E-state index in [4.69, 9.17) is 8.94 Å². The van der Waals surface area contributed by atoms with Crippen molar-refractivity contribution in [2.75, 3.05) is 6.54 Å². The van der Waals surface area contributed by atoms with Gasteiger partial charge in [0.05, 0.1) is 0 Å². The van der Waals surface area contributed by atoms with Crippen LogP contribution in [0.15, 0.2) is 21.1 Å². The van der Waals surface area contributed by atoms with Gasteiger partial charge in [0.25, 0.3) is 5.91 Å². The second kappa shape index (κ2) is 6.51. The minimum Gasteiger partial charge on any atom is -0.450 e. The minimum absolute atomic E-state index is 0.104. The quantitative estimate of drug-likeness (QED) is 0.662. The van der Waals surface area contributed by atoms with E-state index in [2.05, 4.69) is 16.2 Å². The molecule has 142 valence electrons. The molecule has 4 rings (SSSR count). The summed E-state index contributed by atoms with van der Waals surface area (Å²) in [7, 11) is 0. The lowest BCUT2D eigenvalue weighted by Crippen LogP contribution is -2.30. The number of furan rings is 1. The Morgan fingerprint density at radius 1 is 1.22 bits per heavy atom. The van der Waals surface area contributed by atoms with Crippen molar-refractivity contribution in [1.29, 1.82) is 0 Å². The molecule has 3 aromatic rings. The third-order valence-corrected chi connectivity index (χ3v) is 5.59. The smallest absolute Gasteiger partial charge is 0.290 e. The van der Waals surface area contributed by atoms with Crippen molar-refractivity contribution in [1.82, 2.24) is 15.0 Å². The van der Waals surface area contributed by atoms with E-state index >= 15 is 0 Å². The van der Waals surface area contributed by atoms with Gasteiger partial charge in [-0.1, -0.05) is 31.1 Å². The van der Waals surface area contributed by atoms with E-state index in [1.165, 1.54) is 0 Å². The molecule has 1 amide bonds. The third kappa shape index (κ3) is 2.83. The summed E-state index contributed by atoms with van der Waals surface area (Å²) >= 11 is 0. The van der Waals surface area contributed by atoms with Crippen molar-refractivity contribution < 1.29 is 13.7 Å². The van der Waals surface area contributed by atoms with Crippen molar-refractivity contribution >= 4 is 16.9 Å². The number of hydrogen-bond donors (Lipinski definition) is 0. The lowest BCUT2D eigenvalue weighted by atomic mass is 10.0. The summed E-state index contributed by atoms with van der Waals surface area (Å²) in [5.74, 6) is 1.69. The summed E-state index contributed by atoms with van der Waals surface area (Å²) < 4.78 is 11.5. The average Bonchev–Trinajstić information content (AvgIpc) is 3.36. The zero-order valence-corrected chi connectivity index (χ0v) is 16.5. The van der Waals surface area contributed by atoms with Gasteiger partial charge in [0, 0.05) is 23.4 Å². The number of fused-ring (bicyclic) bond motifs is 1. The zero-order valence-electron chi connectivity index (χ0n) is 16.5. The maximum atomic E-state index is 13.3. The molecule has 6 heteroatoms. The topological polar surface area (TPSA) is 72.4 Å². The van der Waals surface area contributed by atoms with Gasteiger partial charge in [-0.2, -0.15) is 4.98 Å². The molecule has 3 heterocycles. The van der Waals surface area contributed by atoms with Crippen molar-refractivity contribution in [3.63, 3.8) is 0 Å². The molecule has 1 atom stereocenters. The van der Waals surface area contributed by atoms with E-state index in [9.17, 15) is 4.79 Å². The molecule has 0 spiro atoms. The number of hydrogen-bond acceptors (Lipinski definition) is 5. The highest BCUT2D eigenvalue weighted by Gasteiger charge is 2.37. The second-order valence-corrected chi connectivity index (χ2v) is 7.74. The van der Waals surface area contributed by atoms with E-state index in [-0.39, 0.29) is 17.9 Å². The Morgan fingerprint density at radius 2 is 2.00 bits per heavy atom. The van der Waals surface area contributed by atoms with Crippen molar-refractivity contribution in [2.24, 2.45) is 0 Å². The van der Waals surface area contributed by atoms with E-state index in [0.717, 1.165) is 40.5 Å². The Balaban J connectivity index is 1.70. The van der Waals surface area contributed by atoms with Crippen LogP contribution in [0.25, 0.3) is 11.0 Å². The van der Waals surface area contributed by atoms with Gasteiger partial charge in [-0.3, -0.25) is 4.79 Å². The largest absolute Gasteiger partial charge is 0.450 e. The fourth-order valence-corrected chi connectivity index (χ4v) is 3.74. The second-order valence-electron chi connectivity index (χ2n) is 7.74. The first-order valence-corrected chi connectivity index (χ1v) is 9.52. The molecule has 0 bridgehead atoms. The Labute approximate surface area is 158 Å². The molecule has 0 N–H and O–H groups in total. The fraction of sp³-hybridized carbons (Fsp3) is 0.476. The van der Waals surface area contributed by atoms with Crippen LogP contribution in [0.4, 0.5) is 0 Å². The van der Waals surface area contributed by atoms with Crippen LogP contribution in [0.2, 0.25) is 0 Å². The van der Waals surface area contributed by atoms with Gasteiger partial charge in [-0.25, -0.2) is 0 Å². The molecule has 0 unspecified atom stereocenters. The molecule has 1 saturated heterocycles. The number of aryl methyl sites for hydroxylation is 3. The van der Waals surface area contributed by atoms with E-state index in [0.29, 0.717) is 24.0 Å². The number of rotatable bonds is 3. The SMILES string of the molecule is Cc1ccc2c(C)c(C(=O)N3CCC[C@@H]3c3nc(C(C)C)no3)oc2c1C. The molecule has 0 aliphatic carbocycles. The Hall–Kier alpha value is -2.63. The highest BCUT2D eigenvalue weighted by molar-refractivity contribution is 6.00. The predicted molar refractivity (Wildman–Crippen MR) is 102 cm³/mol. The number of carbonyl (C=O) groups excluding carboxylic acids is 1. The first-order chi connectivity index (χ1) is 12.9.